The third kappa shape index (κ3) is 3.05. The Hall–Kier alpha value is -2.76. The van der Waals surface area contributed by atoms with Crippen LogP contribution in [-0.4, -0.2) is 21.7 Å². The number of pyridine rings is 1. The quantitative estimate of drug-likeness (QED) is 0.638. The van der Waals surface area contributed by atoms with E-state index in [0.717, 1.165) is 23.3 Å². The van der Waals surface area contributed by atoms with E-state index in [-0.39, 0.29) is 11.8 Å². The molecule has 0 N–H and O–H groups in total. The Kier molecular flexibility index (Phi) is 3.59. The predicted molar refractivity (Wildman–Crippen MR) is 77.1 cm³/mol. The van der Waals surface area contributed by atoms with Crippen molar-refractivity contribution < 1.29 is 9.76 Å². The molecular formula is C15H13N3O3. The SMILES string of the molecule is O=[N+]([O-])c1cccc(C2=NOC(Cc3cccnc3)C2)c1. The zero-order chi connectivity index (χ0) is 14.7. The van der Waals surface area contributed by atoms with Crippen LogP contribution in [0.15, 0.2) is 53.9 Å². The summed E-state index contributed by atoms with van der Waals surface area (Å²) in [4.78, 5) is 19.9. The third-order valence-corrected chi connectivity index (χ3v) is 3.31. The lowest BCUT2D eigenvalue weighted by atomic mass is 10.0. The van der Waals surface area contributed by atoms with Crippen molar-refractivity contribution in [1.29, 1.82) is 0 Å². The molecule has 21 heavy (non-hydrogen) atoms. The van der Waals surface area contributed by atoms with E-state index in [1.807, 2.05) is 18.2 Å². The lowest BCUT2D eigenvalue weighted by Crippen LogP contribution is -2.12. The Morgan fingerprint density at radius 2 is 2.24 bits per heavy atom. The Morgan fingerprint density at radius 3 is 3.00 bits per heavy atom. The number of rotatable bonds is 4. The topological polar surface area (TPSA) is 77.6 Å². The maximum atomic E-state index is 10.8. The zero-order valence-electron chi connectivity index (χ0n) is 11.2. The van der Waals surface area contributed by atoms with E-state index in [0.29, 0.717) is 6.42 Å². The minimum atomic E-state index is -0.410. The van der Waals surface area contributed by atoms with Gasteiger partial charge in [0.05, 0.1) is 10.6 Å². The average Bonchev–Trinajstić information content (AvgIpc) is 2.97. The van der Waals surface area contributed by atoms with Crippen LogP contribution < -0.4 is 0 Å². The van der Waals surface area contributed by atoms with Gasteiger partial charge in [-0.2, -0.15) is 0 Å². The van der Waals surface area contributed by atoms with Gasteiger partial charge >= 0.3 is 0 Å². The highest BCUT2D eigenvalue weighted by molar-refractivity contribution is 6.01. The van der Waals surface area contributed by atoms with Crippen LogP contribution >= 0.6 is 0 Å². The molecule has 0 fully saturated rings. The molecule has 6 heteroatoms. The average molecular weight is 283 g/mol. The summed E-state index contributed by atoms with van der Waals surface area (Å²) >= 11 is 0. The van der Waals surface area contributed by atoms with Crippen LogP contribution in [-0.2, 0) is 11.3 Å². The van der Waals surface area contributed by atoms with E-state index >= 15 is 0 Å². The van der Waals surface area contributed by atoms with Gasteiger partial charge in [-0.05, 0) is 11.6 Å². The van der Waals surface area contributed by atoms with E-state index in [1.165, 1.54) is 12.1 Å². The summed E-state index contributed by atoms with van der Waals surface area (Å²) in [5, 5.41) is 14.9. The number of nitrogens with zero attached hydrogens (tertiary/aromatic N) is 3. The first-order valence-electron chi connectivity index (χ1n) is 6.59. The lowest BCUT2D eigenvalue weighted by molar-refractivity contribution is -0.384. The molecule has 1 aliphatic rings. The van der Waals surface area contributed by atoms with Gasteiger partial charge in [0.2, 0.25) is 0 Å². The number of benzene rings is 1. The number of aromatic nitrogens is 1. The summed E-state index contributed by atoms with van der Waals surface area (Å²) in [6.07, 6.45) is 4.83. The van der Waals surface area contributed by atoms with Gasteiger partial charge in [0.1, 0.15) is 6.10 Å². The van der Waals surface area contributed by atoms with E-state index in [9.17, 15) is 10.1 Å². The normalized spacial score (nSPS) is 17.1. The Balaban J connectivity index is 1.69. The van der Waals surface area contributed by atoms with E-state index < -0.39 is 4.92 Å². The number of hydrogen-bond donors (Lipinski definition) is 0. The minimum absolute atomic E-state index is 0.0523. The van der Waals surface area contributed by atoms with Crippen molar-refractivity contribution in [1.82, 2.24) is 4.98 Å². The molecule has 0 saturated carbocycles. The zero-order valence-corrected chi connectivity index (χ0v) is 11.2. The number of hydrogen-bond acceptors (Lipinski definition) is 5. The molecule has 0 bridgehead atoms. The Bertz CT molecular complexity index is 686. The molecule has 0 saturated heterocycles. The van der Waals surface area contributed by atoms with Gasteiger partial charge in [0.25, 0.3) is 5.69 Å². The van der Waals surface area contributed by atoms with Crippen LogP contribution in [0.4, 0.5) is 5.69 Å². The molecule has 3 rings (SSSR count). The summed E-state index contributed by atoms with van der Waals surface area (Å²) in [5.74, 6) is 0. The summed E-state index contributed by atoms with van der Waals surface area (Å²) in [6.45, 7) is 0. The van der Waals surface area contributed by atoms with Gasteiger partial charge < -0.3 is 4.84 Å². The van der Waals surface area contributed by atoms with E-state index in [4.69, 9.17) is 4.84 Å². The molecule has 1 atom stereocenters. The summed E-state index contributed by atoms with van der Waals surface area (Å²) in [6, 6.07) is 10.3. The van der Waals surface area contributed by atoms with E-state index in [1.54, 1.807) is 18.5 Å². The number of non-ortho nitro benzene ring substituents is 1. The maximum Gasteiger partial charge on any atom is 0.270 e. The third-order valence-electron chi connectivity index (χ3n) is 3.31. The van der Waals surface area contributed by atoms with Crippen molar-refractivity contribution in [2.45, 2.75) is 18.9 Å². The molecule has 0 amide bonds. The van der Waals surface area contributed by atoms with Gasteiger partial charge in [0, 0.05) is 42.9 Å². The second-order valence-corrected chi connectivity index (χ2v) is 4.84. The highest BCUT2D eigenvalue weighted by Crippen LogP contribution is 2.22. The summed E-state index contributed by atoms with van der Waals surface area (Å²) in [5.41, 5.74) is 2.62. The molecule has 1 aromatic heterocycles. The molecule has 6 nitrogen and oxygen atoms in total. The van der Waals surface area contributed by atoms with Crippen LogP contribution in [0.5, 0.6) is 0 Å². The van der Waals surface area contributed by atoms with Crippen molar-refractivity contribution in [3.63, 3.8) is 0 Å². The first kappa shape index (κ1) is 13.2. The fourth-order valence-corrected chi connectivity index (χ4v) is 2.29. The van der Waals surface area contributed by atoms with Crippen LogP contribution in [0.2, 0.25) is 0 Å². The second kappa shape index (κ2) is 5.70. The number of nitro groups is 1. The standard InChI is InChI=1S/C15H13N3O3/c19-18(20)13-5-1-4-12(8-13)15-9-14(21-17-15)7-11-3-2-6-16-10-11/h1-6,8,10,14H,7,9H2. The summed E-state index contributed by atoms with van der Waals surface area (Å²) < 4.78 is 0. The predicted octanol–water partition coefficient (Wildman–Crippen LogP) is 2.73. The van der Waals surface area contributed by atoms with Crippen molar-refractivity contribution in [2.24, 2.45) is 5.16 Å². The van der Waals surface area contributed by atoms with Gasteiger partial charge in [0.15, 0.2) is 0 Å². The molecule has 1 unspecified atom stereocenters. The smallest absolute Gasteiger partial charge is 0.270 e. The maximum absolute atomic E-state index is 10.8. The Morgan fingerprint density at radius 1 is 1.33 bits per heavy atom. The molecule has 0 spiro atoms. The molecule has 0 radical (unpaired) electrons. The van der Waals surface area contributed by atoms with Crippen molar-refractivity contribution in [2.75, 3.05) is 0 Å². The van der Waals surface area contributed by atoms with Gasteiger partial charge in [-0.1, -0.05) is 23.4 Å². The highest BCUT2D eigenvalue weighted by Gasteiger charge is 2.23. The van der Waals surface area contributed by atoms with Crippen LogP contribution in [0.3, 0.4) is 0 Å². The second-order valence-electron chi connectivity index (χ2n) is 4.84. The highest BCUT2D eigenvalue weighted by atomic mass is 16.6. The Labute approximate surface area is 121 Å². The number of oxime groups is 1. The molecule has 106 valence electrons. The van der Waals surface area contributed by atoms with Crippen LogP contribution in [0, 0.1) is 10.1 Å². The van der Waals surface area contributed by atoms with Crippen molar-refractivity contribution in [3.8, 4) is 0 Å². The molecule has 0 aliphatic carbocycles. The first-order chi connectivity index (χ1) is 10.2. The van der Waals surface area contributed by atoms with Gasteiger partial charge in [-0.25, -0.2) is 0 Å². The fourth-order valence-electron chi connectivity index (χ4n) is 2.29. The largest absolute Gasteiger partial charge is 0.391 e. The molecule has 2 aromatic rings. The monoisotopic (exact) mass is 283 g/mol. The van der Waals surface area contributed by atoms with Crippen molar-refractivity contribution >= 4 is 11.4 Å². The first-order valence-corrected chi connectivity index (χ1v) is 6.59. The van der Waals surface area contributed by atoms with E-state index in [2.05, 4.69) is 10.1 Å². The molecule has 2 heterocycles. The van der Waals surface area contributed by atoms with Gasteiger partial charge in [-0.3, -0.25) is 15.1 Å². The van der Waals surface area contributed by atoms with Crippen molar-refractivity contribution in [3.05, 3.63) is 70.0 Å². The molecule has 1 aliphatic heterocycles. The lowest BCUT2D eigenvalue weighted by Gasteiger charge is -2.07. The number of nitro benzene ring substituents is 1. The minimum Gasteiger partial charge on any atom is -0.391 e. The fraction of sp³-hybridized carbons (Fsp3) is 0.200. The van der Waals surface area contributed by atoms with Crippen LogP contribution in [0.1, 0.15) is 17.5 Å². The molecular weight excluding hydrogens is 270 g/mol. The van der Waals surface area contributed by atoms with Gasteiger partial charge in [-0.15, -0.1) is 0 Å². The van der Waals surface area contributed by atoms with Crippen LogP contribution in [0.25, 0.3) is 0 Å². The summed E-state index contributed by atoms with van der Waals surface area (Å²) in [7, 11) is 0. The molecule has 1 aromatic carbocycles.